The number of hydrogen-bond donors (Lipinski definition) is 2. The van der Waals surface area contributed by atoms with Crippen LogP contribution in [-0.4, -0.2) is 36.2 Å². The highest BCUT2D eigenvalue weighted by atomic mass is 16.5. The van der Waals surface area contributed by atoms with E-state index in [0.717, 1.165) is 26.1 Å². The lowest BCUT2D eigenvalue weighted by molar-refractivity contribution is -0.140. The molecule has 96 valence electrons. The van der Waals surface area contributed by atoms with Crippen LogP contribution in [0.3, 0.4) is 0 Å². The molecule has 17 heavy (non-hydrogen) atoms. The van der Waals surface area contributed by atoms with Crippen LogP contribution < -0.4 is 5.32 Å². The third kappa shape index (κ3) is 2.97. The first kappa shape index (κ1) is 12.4. The second-order valence-electron chi connectivity index (χ2n) is 5.03. The smallest absolute Gasteiger partial charge is 0.307 e. The number of carbonyl (C=O) groups is 2. The minimum Gasteiger partial charge on any atom is -0.481 e. The largest absolute Gasteiger partial charge is 0.481 e. The van der Waals surface area contributed by atoms with Gasteiger partial charge in [-0.2, -0.15) is 0 Å². The summed E-state index contributed by atoms with van der Waals surface area (Å²) in [7, 11) is 0. The molecule has 1 heterocycles. The van der Waals surface area contributed by atoms with Gasteiger partial charge < -0.3 is 15.2 Å². The van der Waals surface area contributed by atoms with E-state index in [1.165, 1.54) is 0 Å². The number of aliphatic carboxylic acids is 1. The predicted molar refractivity (Wildman–Crippen MR) is 60.4 cm³/mol. The summed E-state index contributed by atoms with van der Waals surface area (Å²) in [6.45, 7) is 3.50. The van der Waals surface area contributed by atoms with E-state index in [-0.39, 0.29) is 17.9 Å². The average molecular weight is 241 g/mol. The maximum atomic E-state index is 11.8. The summed E-state index contributed by atoms with van der Waals surface area (Å²) in [5, 5.41) is 11.7. The fourth-order valence-corrected chi connectivity index (χ4v) is 2.42. The van der Waals surface area contributed by atoms with Crippen molar-refractivity contribution in [1.29, 1.82) is 0 Å². The minimum atomic E-state index is -0.858. The molecule has 5 nitrogen and oxygen atoms in total. The van der Waals surface area contributed by atoms with Crippen molar-refractivity contribution in [2.24, 2.45) is 17.8 Å². The van der Waals surface area contributed by atoms with Crippen molar-refractivity contribution in [2.45, 2.75) is 32.2 Å². The zero-order valence-electron chi connectivity index (χ0n) is 10.0. The fourth-order valence-electron chi connectivity index (χ4n) is 2.42. The highest BCUT2D eigenvalue weighted by molar-refractivity contribution is 5.89. The van der Waals surface area contributed by atoms with Crippen LogP contribution in [0, 0.1) is 17.8 Å². The first-order valence-corrected chi connectivity index (χ1v) is 6.20. The van der Waals surface area contributed by atoms with Gasteiger partial charge in [0.1, 0.15) is 0 Å². The quantitative estimate of drug-likeness (QED) is 0.757. The highest BCUT2D eigenvalue weighted by Gasteiger charge is 2.48. The Morgan fingerprint density at radius 2 is 1.94 bits per heavy atom. The zero-order valence-corrected chi connectivity index (χ0v) is 10.0. The summed E-state index contributed by atoms with van der Waals surface area (Å²) in [6.07, 6.45) is 2.42. The molecular formula is C12H19NO4. The lowest BCUT2D eigenvalue weighted by Crippen LogP contribution is -2.41. The Kier molecular flexibility index (Phi) is 3.66. The van der Waals surface area contributed by atoms with Crippen LogP contribution in [0.5, 0.6) is 0 Å². The van der Waals surface area contributed by atoms with Crippen molar-refractivity contribution >= 4 is 11.9 Å². The third-order valence-electron chi connectivity index (χ3n) is 3.79. The molecule has 2 fully saturated rings. The van der Waals surface area contributed by atoms with Gasteiger partial charge in [-0.05, 0) is 32.1 Å². The van der Waals surface area contributed by atoms with Crippen LogP contribution >= 0.6 is 0 Å². The Labute approximate surface area is 101 Å². The van der Waals surface area contributed by atoms with Crippen molar-refractivity contribution in [1.82, 2.24) is 5.32 Å². The van der Waals surface area contributed by atoms with Crippen LogP contribution in [0.4, 0.5) is 0 Å². The number of hydrogen-bond acceptors (Lipinski definition) is 3. The van der Waals surface area contributed by atoms with Gasteiger partial charge in [-0.25, -0.2) is 0 Å². The van der Waals surface area contributed by atoms with Crippen molar-refractivity contribution in [2.75, 3.05) is 13.2 Å². The summed E-state index contributed by atoms with van der Waals surface area (Å²) >= 11 is 0. The number of ether oxygens (including phenoxy) is 1. The van der Waals surface area contributed by atoms with Crippen LogP contribution in [0.1, 0.15) is 26.2 Å². The molecule has 1 aliphatic carbocycles. The molecule has 0 spiro atoms. The van der Waals surface area contributed by atoms with Crippen LogP contribution in [0.2, 0.25) is 0 Å². The van der Waals surface area contributed by atoms with Crippen molar-refractivity contribution in [3.05, 3.63) is 0 Å². The van der Waals surface area contributed by atoms with Gasteiger partial charge in [0.2, 0.25) is 5.91 Å². The second-order valence-corrected chi connectivity index (χ2v) is 5.03. The molecule has 0 aromatic rings. The van der Waals surface area contributed by atoms with Gasteiger partial charge in [0, 0.05) is 19.3 Å². The standard InChI is InChI=1S/C12H19NO4/c1-7(8-2-4-17-5-3-8)13-11(14)9-6-10(9)12(15)16/h7-10H,2-6H2,1H3,(H,13,14)(H,15,16)/t7?,9-,10+/m1/s1. The SMILES string of the molecule is CC(NC(=O)[C@@H]1C[C@@H]1C(=O)O)C1CCOCC1. The number of carboxylic acid groups (broad SMARTS) is 1. The molecular weight excluding hydrogens is 222 g/mol. The number of nitrogens with one attached hydrogen (secondary N) is 1. The molecule has 0 aromatic carbocycles. The lowest BCUT2D eigenvalue weighted by atomic mass is 9.93. The molecule has 0 aromatic heterocycles. The summed E-state index contributed by atoms with van der Waals surface area (Å²) in [5.74, 6) is -1.28. The van der Waals surface area contributed by atoms with E-state index in [1.54, 1.807) is 0 Å². The lowest BCUT2D eigenvalue weighted by Gasteiger charge is -2.28. The van der Waals surface area contributed by atoms with Crippen molar-refractivity contribution in [3.63, 3.8) is 0 Å². The first-order valence-electron chi connectivity index (χ1n) is 6.20. The molecule has 3 atom stereocenters. The molecule has 1 aliphatic heterocycles. The summed E-state index contributed by atoms with van der Waals surface area (Å²) in [5.41, 5.74) is 0. The van der Waals surface area contributed by atoms with Crippen LogP contribution in [0.25, 0.3) is 0 Å². The molecule has 1 unspecified atom stereocenters. The molecule has 2 N–H and O–H groups in total. The van der Waals surface area contributed by atoms with Gasteiger partial charge in [0.25, 0.3) is 0 Å². The zero-order chi connectivity index (χ0) is 12.4. The van der Waals surface area contributed by atoms with Gasteiger partial charge >= 0.3 is 5.97 Å². The fraction of sp³-hybridized carbons (Fsp3) is 0.833. The molecule has 1 amide bonds. The van der Waals surface area contributed by atoms with E-state index < -0.39 is 11.9 Å². The maximum Gasteiger partial charge on any atom is 0.307 e. The predicted octanol–water partition coefficient (Wildman–Crippen LogP) is 0.638. The molecule has 0 radical (unpaired) electrons. The van der Waals surface area contributed by atoms with E-state index in [4.69, 9.17) is 9.84 Å². The Morgan fingerprint density at radius 3 is 2.47 bits per heavy atom. The van der Waals surface area contributed by atoms with E-state index >= 15 is 0 Å². The second kappa shape index (κ2) is 5.04. The number of carboxylic acids is 1. The molecule has 2 aliphatic rings. The molecule has 5 heteroatoms. The van der Waals surface area contributed by atoms with E-state index in [2.05, 4.69) is 5.32 Å². The molecule has 2 rings (SSSR count). The van der Waals surface area contributed by atoms with E-state index in [9.17, 15) is 9.59 Å². The third-order valence-corrected chi connectivity index (χ3v) is 3.79. The normalized spacial score (nSPS) is 30.6. The Hall–Kier alpha value is -1.10. The summed E-state index contributed by atoms with van der Waals surface area (Å²) in [6, 6.07) is 0.112. The Morgan fingerprint density at radius 1 is 1.29 bits per heavy atom. The highest BCUT2D eigenvalue weighted by Crippen LogP contribution is 2.38. The van der Waals surface area contributed by atoms with E-state index in [1.807, 2.05) is 6.92 Å². The average Bonchev–Trinajstić information content (AvgIpc) is 3.10. The Bertz CT molecular complexity index is 312. The van der Waals surface area contributed by atoms with Gasteiger partial charge in [-0.1, -0.05) is 0 Å². The minimum absolute atomic E-state index is 0.101. The van der Waals surface area contributed by atoms with Crippen molar-refractivity contribution < 1.29 is 19.4 Å². The molecule has 0 bridgehead atoms. The molecule has 1 saturated heterocycles. The summed E-state index contributed by atoms with van der Waals surface area (Å²) in [4.78, 5) is 22.4. The first-order chi connectivity index (χ1) is 8.09. The number of rotatable bonds is 4. The van der Waals surface area contributed by atoms with Crippen LogP contribution in [-0.2, 0) is 14.3 Å². The van der Waals surface area contributed by atoms with Crippen LogP contribution in [0.15, 0.2) is 0 Å². The molecule has 1 saturated carbocycles. The number of amides is 1. The van der Waals surface area contributed by atoms with Gasteiger partial charge in [0.05, 0.1) is 11.8 Å². The summed E-state index contributed by atoms with van der Waals surface area (Å²) < 4.78 is 5.27. The monoisotopic (exact) mass is 241 g/mol. The maximum absolute atomic E-state index is 11.8. The van der Waals surface area contributed by atoms with Crippen molar-refractivity contribution in [3.8, 4) is 0 Å². The van der Waals surface area contributed by atoms with Gasteiger partial charge in [-0.3, -0.25) is 9.59 Å². The number of carbonyl (C=O) groups excluding carboxylic acids is 1. The van der Waals surface area contributed by atoms with E-state index in [0.29, 0.717) is 12.3 Å². The van der Waals surface area contributed by atoms with Gasteiger partial charge in [0.15, 0.2) is 0 Å². The topological polar surface area (TPSA) is 75.6 Å². The van der Waals surface area contributed by atoms with Gasteiger partial charge in [-0.15, -0.1) is 0 Å². The Balaban J connectivity index is 1.76.